The van der Waals surface area contributed by atoms with Crippen LogP contribution in [0.5, 0.6) is 0 Å². The summed E-state index contributed by atoms with van der Waals surface area (Å²) >= 11 is 0. The van der Waals surface area contributed by atoms with Crippen molar-refractivity contribution in [2.24, 2.45) is 0 Å². The van der Waals surface area contributed by atoms with Gasteiger partial charge in [0.25, 0.3) is 0 Å². The van der Waals surface area contributed by atoms with Gasteiger partial charge in [-0.1, -0.05) is 0 Å². The first-order valence-corrected chi connectivity index (χ1v) is 6.15. The molecule has 0 unspecified atom stereocenters. The zero-order chi connectivity index (χ0) is 13.5. The first kappa shape index (κ1) is 14.4. The van der Waals surface area contributed by atoms with Crippen molar-refractivity contribution in [1.82, 2.24) is 9.88 Å². The fourth-order valence-corrected chi connectivity index (χ4v) is 1.71. The van der Waals surface area contributed by atoms with E-state index in [4.69, 9.17) is 10.8 Å². The molecule has 1 amide bonds. The van der Waals surface area contributed by atoms with Crippen molar-refractivity contribution >= 4 is 11.6 Å². The summed E-state index contributed by atoms with van der Waals surface area (Å²) in [5.74, 6) is 0.0238. The van der Waals surface area contributed by atoms with Crippen LogP contribution in [0.4, 0.5) is 5.69 Å². The number of rotatable bonds is 6. The first-order chi connectivity index (χ1) is 8.54. The van der Waals surface area contributed by atoms with Gasteiger partial charge >= 0.3 is 0 Å². The molecular weight excluding hydrogens is 230 g/mol. The molecule has 0 spiro atoms. The molecule has 1 aromatic heterocycles. The maximum atomic E-state index is 12.1. The SMILES string of the molecule is CC(C)N(CCCO)C(=O)Cc1ccc(N)cn1. The van der Waals surface area contributed by atoms with E-state index in [0.717, 1.165) is 0 Å². The molecule has 0 bridgehead atoms. The topological polar surface area (TPSA) is 79.5 Å². The smallest absolute Gasteiger partial charge is 0.228 e. The number of aromatic nitrogens is 1. The van der Waals surface area contributed by atoms with Crippen LogP contribution in [0.2, 0.25) is 0 Å². The molecular formula is C13H21N3O2. The van der Waals surface area contributed by atoms with E-state index in [1.807, 2.05) is 13.8 Å². The number of nitrogen functional groups attached to an aromatic ring is 1. The van der Waals surface area contributed by atoms with Crippen LogP contribution in [0.25, 0.3) is 0 Å². The molecule has 0 radical (unpaired) electrons. The summed E-state index contributed by atoms with van der Waals surface area (Å²) in [5, 5.41) is 8.83. The van der Waals surface area contributed by atoms with Gasteiger partial charge in [0.15, 0.2) is 0 Å². The van der Waals surface area contributed by atoms with Crippen molar-refractivity contribution in [2.45, 2.75) is 32.7 Å². The second-order valence-electron chi connectivity index (χ2n) is 4.52. The van der Waals surface area contributed by atoms with E-state index in [2.05, 4.69) is 4.98 Å². The Bertz CT molecular complexity index is 376. The molecule has 0 aliphatic carbocycles. The van der Waals surface area contributed by atoms with Gasteiger partial charge in [0.1, 0.15) is 0 Å². The van der Waals surface area contributed by atoms with Gasteiger partial charge in [-0.3, -0.25) is 9.78 Å². The number of amides is 1. The van der Waals surface area contributed by atoms with Crippen molar-refractivity contribution in [3.63, 3.8) is 0 Å². The fraction of sp³-hybridized carbons (Fsp3) is 0.538. The van der Waals surface area contributed by atoms with E-state index >= 15 is 0 Å². The number of hydrogen-bond acceptors (Lipinski definition) is 4. The molecule has 0 aliphatic heterocycles. The number of pyridine rings is 1. The van der Waals surface area contributed by atoms with Crippen molar-refractivity contribution < 1.29 is 9.90 Å². The number of aliphatic hydroxyl groups excluding tert-OH is 1. The first-order valence-electron chi connectivity index (χ1n) is 6.15. The summed E-state index contributed by atoms with van der Waals surface area (Å²) in [5.41, 5.74) is 6.85. The predicted octanol–water partition coefficient (Wildman–Crippen LogP) is 0.826. The van der Waals surface area contributed by atoms with Gasteiger partial charge in [-0.05, 0) is 32.4 Å². The highest BCUT2D eigenvalue weighted by molar-refractivity contribution is 5.78. The molecule has 0 aliphatic rings. The Morgan fingerprint density at radius 1 is 1.50 bits per heavy atom. The molecule has 1 heterocycles. The lowest BCUT2D eigenvalue weighted by Crippen LogP contribution is -2.39. The lowest BCUT2D eigenvalue weighted by Gasteiger charge is -2.26. The van der Waals surface area contributed by atoms with Gasteiger partial charge in [0.05, 0.1) is 18.3 Å². The van der Waals surface area contributed by atoms with Gasteiger partial charge in [-0.25, -0.2) is 0 Å². The minimum absolute atomic E-state index is 0.0238. The normalized spacial score (nSPS) is 10.7. The molecule has 1 rings (SSSR count). The summed E-state index contributed by atoms with van der Waals surface area (Å²) in [6.45, 7) is 4.59. The molecule has 0 saturated heterocycles. The number of nitrogens with zero attached hydrogens (tertiary/aromatic N) is 2. The Hall–Kier alpha value is -1.62. The van der Waals surface area contributed by atoms with Crippen LogP contribution >= 0.6 is 0 Å². The van der Waals surface area contributed by atoms with Gasteiger partial charge < -0.3 is 15.7 Å². The van der Waals surface area contributed by atoms with Crippen LogP contribution in [-0.4, -0.2) is 40.1 Å². The zero-order valence-corrected chi connectivity index (χ0v) is 11.0. The van der Waals surface area contributed by atoms with Crippen LogP contribution in [0.1, 0.15) is 26.0 Å². The third-order valence-electron chi connectivity index (χ3n) is 2.68. The van der Waals surface area contributed by atoms with Gasteiger partial charge in [-0.15, -0.1) is 0 Å². The third-order valence-corrected chi connectivity index (χ3v) is 2.68. The molecule has 5 heteroatoms. The largest absolute Gasteiger partial charge is 0.397 e. The maximum absolute atomic E-state index is 12.1. The average Bonchev–Trinajstić information content (AvgIpc) is 2.32. The van der Waals surface area contributed by atoms with Crippen molar-refractivity contribution in [1.29, 1.82) is 0 Å². The Kier molecular flexibility index (Phi) is 5.58. The van der Waals surface area contributed by atoms with Crippen LogP contribution < -0.4 is 5.73 Å². The lowest BCUT2D eigenvalue weighted by atomic mass is 10.2. The molecule has 100 valence electrons. The molecule has 0 saturated carbocycles. The summed E-state index contributed by atoms with van der Waals surface area (Å²) in [7, 11) is 0. The highest BCUT2D eigenvalue weighted by atomic mass is 16.3. The monoisotopic (exact) mass is 251 g/mol. The zero-order valence-electron chi connectivity index (χ0n) is 11.0. The van der Waals surface area contributed by atoms with E-state index < -0.39 is 0 Å². The number of nitrogens with two attached hydrogens (primary N) is 1. The highest BCUT2D eigenvalue weighted by Gasteiger charge is 2.17. The van der Waals surface area contributed by atoms with Gasteiger partial charge in [0, 0.05) is 24.9 Å². The summed E-state index contributed by atoms with van der Waals surface area (Å²) in [4.78, 5) is 18.0. The van der Waals surface area contributed by atoms with Crippen LogP contribution in [0, 0.1) is 0 Å². The number of hydrogen-bond donors (Lipinski definition) is 2. The minimum Gasteiger partial charge on any atom is -0.397 e. The fourth-order valence-electron chi connectivity index (χ4n) is 1.71. The van der Waals surface area contributed by atoms with Crippen LogP contribution in [-0.2, 0) is 11.2 Å². The average molecular weight is 251 g/mol. The summed E-state index contributed by atoms with van der Waals surface area (Å²) in [6.07, 6.45) is 2.42. The highest BCUT2D eigenvalue weighted by Crippen LogP contribution is 2.07. The van der Waals surface area contributed by atoms with Crippen molar-refractivity contribution in [3.8, 4) is 0 Å². The molecule has 1 aromatic rings. The van der Waals surface area contributed by atoms with E-state index in [9.17, 15) is 4.79 Å². The van der Waals surface area contributed by atoms with Crippen molar-refractivity contribution in [2.75, 3.05) is 18.9 Å². The number of carbonyl (C=O) groups is 1. The lowest BCUT2D eigenvalue weighted by molar-refractivity contribution is -0.132. The quantitative estimate of drug-likeness (QED) is 0.784. The predicted molar refractivity (Wildman–Crippen MR) is 70.9 cm³/mol. The Morgan fingerprint density at radius 3 is 2.72 bits per heavy atom. The van der Waals surface area contributed by atoms with E-state index in [-0.39, 0.29) is 25.0 Å². The minimum atomic E-state index is 0.0238. The van der Waals surface area contributed by atoms with E-state index in [1.165, 1.54) is 0 Å². The second kappa shape index (κ2) is 6.96. The van der Waals surface area contributed by atoms with Crippen LogP contribution in [0.3, 0.4) is 0 Å². The molecule has 5 nitrogen and oxygen atoms in total. The maximum Gasteiger partial charge on any atom is 0.228 e. The van der Waals surface area contributed by atoms with Gasteiger partial charge in [0.2, 0.25) is 5.91 Å². The molecule has 3 N–H and O–H groups in total. The Morgan fingerprint density at radius 2 is 2.22 bits per heavy atom. The molecule has 0 fully saturated rings. The molecule has 18 heavy (non-hydrogen) atoms. The summed E-state index contributed by atoms with van der Waals surface area (Å²) < 4.78 is 0. The molecule has 0 atom stereocenters. The third kappa shape index (κ3) is 4.33. The van der Waals surface area contributed by atoms with Crippen LogP contribution in [0.15, 0.2) is 18.3 Å². The standard InChI is InChI=1S/C13H21N3O2/c1-10(2)16(6-3-7-17)13(18)8-12-5-4-11(14)9-15-12/h4-5,9-10,17H,3,6-8,14H2,1-2H3. The van der Waals surface area contributed by atoms with Gasteiger partial charge in [-0.2, -0.15) is 0 Å². The van der Waals surface area contributed by atoms with E-state index in [1.54, 1.807) is 23.2 Å². The number of carbonyl (C=O) groups excluding carboxylic acids is 1. The van der Waals surface area contributed by atoms with Crippen molar-refractivity contribution in [3.05, 3.63) is 24.0 Å². The number of aliphatic hydroxyl groups is 1. The Balaban J connectivity index is 2.63. The second-order valence-corrected chi connectivity index (χ2v) is 4.52. The summed E-state index contributed by atoms with van der Waals surface area (Å²) in [6, 6.07) is 3.62. The van der Waals surface area contributed by atoms with E-state index in [0.29, 0.717) is 24.3 Å². The molecule has 0 aromatic carbocycles. The number of anilines is 1. The Labute approximate surface area is 108 Å².